The Labute approximate surface area is 201 Å². The molecule has 3 aromatic carbocycles. The van der Waals surface area contributed by atoms with Crippen molar-refractivity contribution in [3.63, 3.8) is 0 Å². The topological polar surface area (TPSA) is 55.8 Å². The summed E-state index contributed by atoms with van der Waals surface area (Å²) in [5, 5.41) is 0. The lowest BCUT2D eigenvalue weighted by Gasteiger charge is -2.53. The number of nitrogens with zero attached hydrogens (tertiary/aromatic N) is 1. The Morgan fingerprint density at radius 2 is 1.76 bits per heavy atom. The van der Waals surface area contributed by atoms with Crippen molar-refractivity contribution in [1.82, 2.24) is 4.90 Å². The maximum absolute atomic E-state index is 13.6. The van der Waals surface area contributed by atoms with Crippen molar-refractivity contribution >= 4 is 33.9 Å². The minimum absolute atomic E-state index is 0.287. The number of halogens is 1. The number of esters is 1. The fourth-order valence-electron chi connectivity index (χ4n) is 4.26. The van der Waals surface area contributed by atoms with E-state index >= 15 is 0 Å². The lowest BCUT2D eigenvalue weighted by Crippen LogP contribution is -2.65. The predicted molar refractivity (Wildman–Crippen MR) is 130 cm³/mol. The highest BCUT2D eigenvalue weighted by Crippen LogP contribution is 2.53. The first kappa shape index (κ1) is 22.8. The molecule has 0 aromatic heterocycles. The van der Waals surface area contributed by atoms with Gasteiger partial charge in [-0.25, -0.2) is 0 Å². The largest absolute Gasteiger partial charge is 0.497 e. The molecule has 0 saturated carbocycles. The van der Waals surface area contributed by atoms with Crippen LogP contribution in [-0.4, -0.2) is 31.0 Å². The van der Waals surface area contributed by atoms with Crippen molar-refractivity contribution in [2.75, 3.05) is 14.2 Å². The monoisotopic (exact) mass is 505 g/mol. The van der Waals surface area contributed by atoms with E-state index in [-0.39, 0.29) is 5.91 Å². The van der Waals surface area contributed by atoms with E-state index < -0.39 is 17.4 Å². The van der Waals surface area contributed by atoms with E-state index in [1.165, 1.54) is 7.11 Å². The van der Waals surface area contributed by atoms with Gasteiger partial charge in [0.15, 0.2) is 5.41 Å². The van der Waals surface area contributed by atoms with Gasteiger partial charge in [-0.1, -0.05) is 82.7 Å². The molecule has 0 aliphatic carbocycles. The molecule has 0 N–H and O–H groups in total. The second-order valence-corrected chi connectivity index (χ2v) is 8.76. The molecule has 1 aliphatic heterocycles. The van der Waals surface area contributed by atoms with Gasteiger partial charge in [0.1, 0.15) is 5.75 Å². The third-order valence-electron chi connectivity index (χ3n) is 5.90. The molecule has 1 amide bonds. The zero-order chi connectivity index (χ0) is 23.4. The molecule has 4 rings (SSSR count). The van der Waals surface area contributed by atoms with Crippen LogP contribution in [0.2, 0.25) is 0 Å². The molecular formula is C27H24BrNO4. The first-order chi connectivity index (χ1) is 16.0. The summed E-state index contributed by atoms with van der Waals surface area (Å²) in [5.74, 6) is -0.113. The van der Waals surface area contributed by atoms with Crippen LogP contribution < -0.4 is 4.74 Å². The molecule has 5 nitrogen and oxygen atoms in total. The Balaban J connectivity index is 1.75. The van der Waals surface area contributed by atoms with Crippen molar-refractivity contribution < 1.29 is 19.1 Å². The molecule has 0 unspecified atom stereocenters. The Morgan fingerprint density at radius 1 is 1.03 bits per heavy atom. The molecule has 3 aromatic rings. The number of carbonyl (C=O) groups is 2. The molecule has 2 atom stereocenters. The summed E-state index contributed by atoms with van der Waals surface area (Å²) in [6, 6.07) is 24.3. The molecule has 0 spiro atoms. The van der Waals surface area contributed by atoms with E-state index in [2.05, 4.69) is 15.9 Å². The van der Waals surface area contributed by atoms with Gasteiger partial charge in [-0.3, -0.25) is 9.59 Å². The van der Waals surface area contributed by atoms with Crippen molar-refractivity contribution in [3.05, 3.63) is 106 Å². The standard InChI is InChI=1S/C27H24BrNO4/c1-32-23-13-11-20(12-14-23)18-29-24(21-8-4-3-5-9-21)27(25(29)30,26(31)33-2)16-15-19-7-6-10-22(28)17-19/h3-17,24H,18H2,1-2H3/b16-15+/t24-,27+/m1/s1. The van der Waals surface area contributed by atoms with Crippen molar-refractivity contribution in [2.24, 2.45) is 5.41 Å². The summed E-state index contributed by atoms with van der Waals surface area (Å²) >= 11 is 3.46. The summed E-state index contributed by atoms with van der Waals surface area (Å²) < 4.78 is 11.3. The number of β-lactam (4-membered cyclic amide) rings is 1. The Morgan fingerprint density at radius 3 is 2.39 bits per heavy atom. The number of carbonyl (C=O) groups excluding carboxylic acids is 2. The van der Waals surface area contributed by atoms with Crippen LogP contribution in [0.4, 0.5) is 0 Å². The van der Waals surface area contributed by atoms with Crippen LogP contribution in [0.1, 0.15) is 22.7 Å². The second-order valence-electron chi connectivity index (χ2n) is 7.84. The minimum atomic E-state index is -1.44. The third-order valence-corrected chi connectivity index (χ3v) is 6.39. The molecule has 1 saturated heterocycles. The van der Waals surface area contributed by atoms with Crippen molar-refractivity contribution in [1.29, 1.82) is 0 Å². The molecule has 0 bridgehead atoms. The fourth-order valence-corrected chi connectivity index (χ4v) is 4.67. The number of ether oxygens (including phenoxy) is 2. The molecule has 168 valence electrons. The van der Waals surface area contributed by atoms with Gasteiger partial charge < -0.3 is 14.4 Å². The van der Waals surface area contributed by atoms with E-state index in [1.807, 2.05) is 78.9 Å². The molecule has 1 aliphatic rings. The van der Waals surface area contributed by atoms with Gasteiger partial charge in [-0.15, -0.1) is 0 Å². The van der Waals surface area contributed by atoms with E-state index in [1.54, 1.807) is 24.2 Å². The highest BCUT2D eigenvalue weighted by Gasteiger charge is 2.65. The Bertz CT molecular complexity index is 1180. The number of hydrogen-bond acceptors (Lipinski definition) is 4. The number of rotatable bonds is 7. The summed E-state index contributed by atoms with van der Waals surface area (Å²) in [7, 11) is 2.93. The molecule has 6 heteroatoms. The molecule has 1 heterocycles. The van der Waals surface area contributed by atoms with Gasteiger partial charge in [0, 0.05) is 11.0 Å². The van der Waals surface area contributed by atoms with Crippen LogP contribution in [0.3, 0.4) is 0 Å². The average molecular weight is 506 g/mol. The van der Waals surface area contributed by atoms with Crippen LogP contribution >= 0.6 is 15.9 Å². The van der Waals surface area contributed by atoms with E-state index in [9.17, 15) is 9.59 Å². The molecular weight excluding hydrogens is 482 g/mol. The Kier molecular flexibility index (Phi) is 6.65. The van der Waals surface area contributed by atoms with Gasteiger partial charge in [-0.05, 0) is 41.0 Å². The molecule has 33 heavy (non-hydrogen) atoms. The first-order valence-corrected chi connectivity index (χ1v) is 11.3. The maximum Gasteiger partial charge on any atom is 0.327 e. The quantitative estimate of drug-likeness (QED) is 0.244. The fraction of sp³-hybridized carbons (Fsp3) is 0.185. The normalized spacial score (nSPS) is 19.9. The van der Waals surface area contributed by atoms with Crippen LogP contribution in [0.5, 0.6) is 5.75 Å². The summed E-state index contributed by atoms with van der Waals surface area (Å²) in [5.41, 5.74) is 1.25. The first-order valence-electron chi connectivity index (χ1n) is 10.5. The van der Waals surface area contributed by atoms with Gasteiger partial charge in [0.2, 0.25) is 5.91 Å². The van der Waals surface area contributed by atoms with Gasteiger partial charge >= 0.3 is 5.97 Å². The summed E-state index contributed by atoms with van der Waals surface area (Å²) in [6.45, 7) is 0.367. The highest BCUT2D eigenvalue weighted by atomic mass is 79.9. The van der Waals surface area contributed by atoms with Crippen LogP contribution in [0.25, 0.3) is 6.08 Å². The van der Waals surface area contributed by atoms with E-state index in [4.69, 9.17) is 9.47 Å². The van der Waals surface area contributed by atoms with Crippen LogP contribution in [0.15, 0.2) is 89.4 Å². The third kappa shape index (κ3) is 4.31. The minimum Gasteiger partial charge on any atom is -0.497 e. The lowest BCUT2D eigenvalue weighted by atomic mass is 9.67. The van der Waals surface area contributed by atoms with Gasteiger partial charge in [-0.2, -0.15) is 0 Å². The molecule has 0 radical (unpaired) electrons. The van der Waals surface area contributed by atoms with E-state index in [0.29, 0.717) is 6.54 Å². The predicted octanol–water partition coefficient (Wildman–Crippen LogP) is 5.41. The maximum atomic E-state index is 13.6. The van der Waals surface area contributed by atoms with E-state index in [0.717, 1.165) is 26.9 Å². The lowest BCUT2D eigenvalue weighted by molar-refractivity contribution is -0.184. The van der Waals surface area contributed by atoms with Crippen LogP contribution in [0, 0.1) is 5.41 Å². The Hall–Kier alpha value is -3.38. The summed E-state index contributed by atoms with van der Waals surface area (Å²) in [6.07, 6.45) is 3.49. The zero-order valence-electron chi connectivity index (χ0n) is 18.4. The van der Waals surface area contributed by atoms with Crippen LogP contribution in [-0.2, 0) is 20.9 Å². The van der Waals surface area contributed by atoms with Crippen molar-refractivity contribution in [3.8, 4) is 5.75 Å². The molecule has 1 fully saturated rings. The number of methoxy groups -OCH3 is 2. The van der Waals surface area contributed by atoms with Gasteiger partial charge in [0.05, 0.1) is 20.3 Å². The number of likely N-dealkylation sites (tertiary alicyclic amines) is 1. The smallest absolute Gasteiger partial charge is 0.327 e. The second kappa shape index (κ2) is 9.63. The number of benzene rings is 3. The summed E-state index contributed by atoms with van der Waals surface area (Å²) in [4.78, 5) is 28.5. The average Bonchev–Trinajstić information content (AvgIpc) is 2.85. The number of amides is 1. The number of hydrogen-bond donors (Lipinski definition) is 0. The zero-order valence-corrected chi connectivity index (χ0v) is 20.0. The highest BCUT2D eigenvalue weighted by molar-refractivity contribution is 9.10. The van der Waals surface area contributed by atoms with Gasteiger partial charge in [0.25, 0.3) is 0 Å². The van der Waals surface area contributed by atoms with Crippen molar-refractivity contribution in [2.45, 2.75) is 12.6 Å². The SMILES string of the molecule is COC(=O)[C@]1(/C=C/c2cccc(Br)c2)C(=O)N(Cc2ccc(OC)cc2)[C@@H]1c1ccccc1.